The number of carbonyl (C=O) groups is 2. The van der Waals surface area contributed by atoms with E-state index in [0.717, 1.165) is 54.2 Å². The Morgan fingerprint density at radius 3 is 2.20 bits per heavy atom. The van der Waals surface area contributed by atoms with Gasteiger partial charge in [-0.15, -0.1) is 0 Å². The predicted octanol–water partition coefficient (Wildman–Crippen LogP) is 5.07. The maximum atomic E-state index is 13.4. The van der Waals surface area contributed by atoms with Gasteiger partial charge in [0.2, 0.25) is 5.91 Å². The van der Waals surface area contributed by atoms with Crippen LogP contribution in [0.5, 0.6) is 0 Å². The SMILES string of the molecule is O=C(Nc1ccccc1)N1CCC(NC(=O)C2(c3ccc(Br)cc3)CCCC2)CC1. The molecule has 1 aliphatic carbocycles. The zero-order valence-electron chi connectivity index (χ0n) is 17.1. The highest BCUT2D eigenvalue weighted by Gasteiger charge is 2.43. The van der Waals surface area contributed by atoms with Crippen LogP contribution in [0.4, 0.5) is 10.5 Å². The largest absolute Gasteiger partial charge is 0.352 e. The lowest BCUT2D eigenvalue weighted by molar-refractivity contribution is -0.127. The zero-order chi connectivity index (χ0) is 21.0. The van der Waals surface area contributed by atoms with Crippen molar-refractivity contribution in [3.63, 3.8) is 0 Å². The molecule has 30 heavy (non-hydrogen) atoms. The van der Waals surface area contributed by atoms with Crippen molar-refractivity contribution in [1.82, 2.24) is 10.2 Å². The first kappa shape index (κ1) is 20.9. The van der Waals surface area contributed by atoms with Gasteiger partial charge in [-0.1, -0.05) is 59.1 Å². The fourth-order valence-electron chi connectivity index (χ4n) is 4.67. The summed E-state index contributed by atoms with van der Waals surface area (Å²) in [5.41, 5.74) is 1.50. The van der Waals surface area contributed by atoms with E-state index in [0.29, 0.717) is 13.1 Å². The minimum Gasteiger partial charge on any atom is -0.352 e. The molecule has 0 bridgehead atoms. The number of hydrogen-bond acceptors (Lipinski definition) is 2. The molecule has 0 aromatic heterocycles. The summed E-state index contributed by atoms with van der Waals surface area (Å²) in [7, 11) is 0. The van der Waals surface area contributed by atoms with Gasteiger partial charge in [-0.2, -0.15) is 0 Å². The number of nitrogens with zero attached hydrogens (tertiary/aromatic N) is 1. The van der Waals surface area contributed by atoms with Crippen molar-refractivity contribution in [2.24, 2.45) is 0 Å². The average Bonchev–Trinajstić information content (AvgIpc) is 3.27. The number of anilines is 1. The zero-order valence-corrected chi connectivity index (χ0v) is 18.7. The maximum Gasteiger partial charge on any atom is 0.321 e. The number of urea groups is 1. The van der Waals surface area contributed by atoms with E-state index in [1.807, 2.05) is 47.4 Å². The maximum absolute atomic E-state index is 13.4. The van der Waals surface area contributed by atoms with Crippen molar-refractivity contribution < 1.29 is 9.59 Å². The number of nitrogens with one attached hydrogen (secondary N) is 2. The van der Waals surface area contributed by atoms with Crippen molar-refractivity contribution in [2.45, 2.75) is 50.0 Å². The van der Waals surface area contributed by atoms with Gasteiger partial charge in [0.25, 0.3) is 0 Å². The molecule has 1 saturated carbocycles. The number of amides is 3. The van der Waals surface area contributed by atoms with E-state index in [4.69, 9.17) is 0 Å². The number of halogens is 1. The lowest BCUT2D eigenvalue weighted by atomic mass is 9.77. The van der Waals surface area contributed by atoms with E-state index in [2.05, 4.69) is 38.7 Å². The quantitative estimate of drug-likeness (QED) is 0.655. The third-order valence-electron chi connectivity index (χ3n) is 6.43. The molecule has 6 heteroatoms. The first-order valence-electron chi connectivity index (χ1n) is 10.7. The van der Waals surface area contributed by atoms with E-state index in [9.17, 15) is 9.59 Å². The standard InChI is InChI=1S/C24H28BrN3O2/c25-19-10-8-18(9-11-19)24(14-4-5-15-24)22(29)26-21-12-16-28(17-13-21)23(30)27-20-6-2-1-3-7-20/h1-3,6-11,21H,4-5,12-17H2,(H,26,29)(H,27,30). The van der Waals surface area contributed by atoms with Crippen LogP contribution < -0.4 is 10.6 Å². The topological polar surface area (TPSA) is 61.4 Å². The van der Waals surface area contributed by atoms with E-state index < -0.39 is 5.41 Å². The van der Waals surface area contributed by atoms with Crippen LogP contribution in [0, 0.1) is 0 Å². The van der Waals surface area contributed by atoms with Crippen LogP contribution in [0.2, 0.25) is 0 Å². The summed E-state index contributed by atoms with van der Waals surface area (Å²) in [5.74, 6) is 0.148. The molecule has 3 amide bonds. The third kappa shape index (κ3) is 4.53. The van der Waals surface area contributed by atoms with Gasteiger partial charge >= 0.3 is 6.03 Å². The van der Waals surface area contributed by atoms with E-state index in [1.54, 1.807) is 0 Å². The highest BCUT2D eigenvalue weighted by atomic mass is 79.9. The molecule has 0 radical (unpaired) electrons. The number of carbonyl (C=O) groups excluding carboxylic acids is 2. The van der Waals surface area contributed by atoms with Gasteiger partial charge < -0.3 is 15.5 Å². The van der Waals surface area contributed by atoms with Crippen LogP contribution in [-0.2, 0) is 10.2 Å². The summed E-state index contributed by atoms with van der Waals surface area (Å²) < 4.78 is 1.03. The van der Waals surface area contributed by atoms with Crippen LogP contribution in [0.3, 0.4) is 0 Å². The van der Waals surface area contributed by atoms with Crippen LogP contribution in [0.25, 0.3) is 0 Å². The first-order valence-corrected chi connectivity index (χ1v) is 11.5. The summed E-state index contributed by atoms with van der Waals surface area (Å²) in [6, 6.07) is 17.7. The number of piperidine rings is 1. The Bertz CT molecular complexity index is 871. The second-order valence-corrected chi connectivity index (χ2v) is 9.24. The highest BCUT2D eigenvalue weighted by Crippen LogP contribution is 2.42. The van der Waals surface area contributed by atoms with Crippen LogP contribution >= 0.6 is 15.9 Å². The molecule has 2 fully saturated rings. The molecule has 2 aromatic carbocycles. The molecule has 4 rings (SSSR count). The second-order valence-electron chi connectivity index (χ2n) is 8.33. The number of hydrogen-bond donors (Lipinski definition) is 2. The molecule has 158 valence electrons. The fourth-order valence-corrected chi connectivity index (χ4v) is 4.93. The average molecular weight is 470 g/mol. The van der Waals surface area contributed by atoms with Gasteiger partial charge in [0.1, 0.15) is 0 Å². The van der Waals surface area contributed by atoms with Crippen LogP contribution in [0.1, 0.15) is 44.1 Å². The van der Waals surface area contributed by atoms with Gasteiger partial charge in [0.15, 0.2) is 0 Å². The Morgan fingerprint density at radius 2 is 1.57 bits per heavy atom. The molecule has 1 saturated heterocycles. The second kappa shape index (κ2) is 9.21. The third-order valence-corrected chi connectivity index (χ3v) is 6.96. The molecular formula is C24H28BrN3O2. The molecule has 0 atom stereocenters. The van der Waals surface area contributed by atoms with Crippen molar-refractivity contribution in [2.75, 3.05) is 18.4 Å². The first-order chi connectivity index (χ1) is 14.6. The van der Waals surface area contributed by atoms with Crippen molar-refractivity contribution in [1.29, 1.82) is 0 Å². The molecular weight excluding hydrogens is 442 g/mol. The summed E-state index contributed by atoms with van der Waals surface area (Å²) in [4.78, 5) is 27.7. The van der Waals surface area contributed by atoms with E-state index in [-0.39, 0.29) is 18.0 Å². The lowest BCUT2D eigenvalue weighted by Crippen LogP contribution is -2.52. The smallest absolute Gasteiger partial charge is 0.321 e. The number of rotatable bonds is 4. The molecule has 2 N–H and O–H groups in total. The highest BCUT2D eigenvalue weighted by molar-refractivity contribution is 9.10. The van der Waals surface area contributed by atoms with Crippen molar-refractivity contribution in [3.8, 4) is 0 Å². The Labute approximate surface area is 186 Å². The van der Waals surface area contributed by atoms with Crippen molar-refractivity contribution >= 4 is 33.6 Å². The molecule has 5 nitrogen and oxygen atoms in total. The minimum atomic E-state index is -0.414. The van der Waals surface area contributed by atoms with Crippen LogP contribution in [-0.4, -0.2) is 36.0 Å². The molecule has 1 aliphatic heterocycles. The molecule has 0 unspecified atom stereocenters. The summed E-state index contributed by atoms with van der Waals surface area (Å²) >= 11 is 3.49. The van der Waals surface area contributed by atoms with Crippen molar-refractivity contribution in [3.05, 3.63) is 64.6 Å². The van der Waals surface area contributed by atoms with Gasteiger partial charge in [-0.25, -0.2) is 4.79 Å². The van der Waals surface area contributed by atoms with Gasteiger partial charge in [-0.05, 0) is 55.5 Å². The fraction of sp³-hybridized carbons (Fsp3) is 0.417. The monoisotopic (exact) mass is 469 g/mol. The van der Waals surface area contributed by atoms with Crippen LogP contribution in [0.15, 0.2) is 59.1 Å². The number of benzene rings is 2. The van der Waals surface area contributed by atoms with E-state index >= 15 is 0 Å². The Hall–Kier alpha value is -2.34. The Balaban J connectivity index is 1.34. The van der Waals surface area contributed by atoms with Gasteiger partial charge in [0, 0.05) is 29.3 Å². The molecule has 2 aromatic rings. The minimum absolute atomic E-state index is 0.0758. The van der Waals surface area contributed by atoms with E-state index in [1.165, 1.54) is 0 Å². The summed E-state index contributed by atoms with van der Waals surface area (Å²) in [6.07, 6.45) is 5.54. The normalized spacial score (nSPS) is 18.8. The molecule has 1 heterocycles. The predicted molar refractivity (Wildman–Crippen MR) is 122 cm³/mol. The Morgan fingerprint density at radius 1 is 0.933 bits per heavy atom. The summed E-state index contributed by atoms with van der Waals surface area (Å²) in [5, 5.41) is 6.25. The molecule has 2 aliphatic rings. The van der Waals surface area contributed by atoms with Gasteiger partial charge in [-0.3, -0.25) is 4.79 Å². The number of para-hydroxylation sites is 1. The lowest BCUT2D eigenvalue weighted by Gasteiger charge is -2.35. The molecule has 0 spiro atoms. The van der Waals surface area contributed by atoms with Gasteiger partial charge in [0.05, 0.1) is 5.41 Å². The number of likely N-dealkylation sites (tertiary alicyclic amines) is 1. The summed E-state index contributed by atoms with van der Waals surface area (Å²) in [6.45, 7) is 1.30. The Kier molecular flexibility index (Phi) is 6.42.